The summed E-state index contributed by atoms with van der Waals surface area (Å²) in [6.45, 7) is 16.1. The van der Waals surface area contributed by atoms with Gasteiger partial charge in [0, 0.05) is 11.8 Å². The van der Waals surface area contributed by atoms with Crippen LogP contribution in [-0.4, -0.2) is 29.1 Å². The van der Waals surface area contributed by atoms with E-state index in [1.54, 1.807) is 12.1 Å². The van der Waals surface area contributed by atoms with Gasteiger partial charge in [0.2, 0.25) is 0 Å². The van der Waals surface area contributed by atoms with Gasteiger partial charge in [-0.05, 0) is 109 Å². The molecule has 0 unspecified atom stereocenters. The fourth-order valence-corrected chi connectivity index (χ4v) is 10.4. The number of ether oxygens (including phenoxy) is 1. The summed E-state index contributed by atoms with van der Waals surface area (Å²) in [7, 11) is 0. The van der Waals surface area contributed by atoms with Crippen LogP contribution in [0.15, 0.2) is 42.0 Å². The molecule has 0 aromatic heterocycles. The average molecular weight is 563 g/mol. The van der Waals surface area contributed by atoms with Crippen molar-refractivity contribution >= 4 is 11.8 Å². The van der Waals surface area contributed by atoms with Crippen LogP contribution in [0.4, 0.5) is 0 Å². The molecule has 1 aromatic rings. The van der Waals surface area contributed by atoms with Gasteiger partial charge in [-0.1, -0.05) is 78.7 Å². The van der Waals surface area contributed by atoms with Crippen molar-refractivity contribution in [2.75, 3.05) is 0 Å². The molecular weight excluding hydrogens is 508 g/mol. The molecule has 0 bridgehead atoms. The van der Waals surface area contributed by atoms with Crippen LogP contribution >= 0.6 is 0 Å². The lowest BCUT2D eigenvalue weighted by molar-refractivity contribution is -0.140. The summed E-state index contributed by atoms with van der Waals surface area (Å²) >= 11 is 0. The van der Waals surface area contributed by atoms with Crippen molar-refractivity contribution in [3.05, 3.63) is 47.5 Å². The average Bonchev–Trinajstić information content (AvgIpc) is 3.30. The minimum Gasteiger partial charge on any atom is -0.458 e. The number of benzene rings is 1. The quantitative estimate of drug-likeness (QED) is 0.324. The molecule has 1 N–H and O–H groups in total. The summed E-state index contributed by atoms with van der Waals surface area (Å²) < 4.78 is 6.03. The summed E-state index contributed by atoms with van der Waals surface area (Å²) in [6, 6.07) is 9.19. The van der Waals surface area contributed by atoms with Gasteiger partial charge < -0.3 is 9.84 Å². The summed E-state index contributed by atoms with van der Waals surface area (Å²) in [5, 5.41) is 11.4. The highest BCUT2D eigenvalue weighted by molar-refractivity contribution is 5.95. The Labute approximate surface area is 248 Å². The van der Waals surface area contributed by atoms with Crippen LogP contribution in [0.2, 0.25) is 0 Å². The van der Waals surface area contributed by atoms with Crippen molar-refractivity contribution in [1.29, 1.82) is 0 Å². The Balaban J connectivity index is 1.34. The lowest BCUT2D eigenvalue weighted by atomic mass is 9.46. The van der Waals surface area contributed by atoms with Crippen molar-refractivity contribution in [3.63, 3.8) is 0 Å². The zero-order valence-electron chi connectivity index (χ0n) is 26.6. The first-order valence-corrected chi connectivity index (χ1v) is 16.6. The summed E-state index contributed by atoms with van der Waals surface area (Å²) in [6.07, 6.45) is 9.84. The van der Waals surface area contributed by atoms with E-state index in [0.29, 0.717) is 35.2 Å². The van der Waals surface area contributed by atoms with E-state index in [1.807, 2.05) is 24.3 Å². The Bertz CT molecular complexity index is 1140. The third kappa shape index (κ3) is 5.25. The second-order valence-corrected chi connectivity index (χ2v) is 15.1. The van der Waals surface area contributed by atoms with Crippen LogP contribution in [0.3, 0.4) is 0 Å². The van der Waals surface area contributed by atoms with Crippen molar-refractivity contribution in [2.45, 2.75) is 112 Å². The molecule has 4 aliphatic rings. The molecule has 0 radical (unpaired) electrons. The van der Waals surface area contributed by atoms with Crippen molar-refractivity contribution in [1.82, 2.24) is 0 Å². The van der Waals surface area contributed by atoms with E-state index in [-0.39, 0.29) is 52.5 Å². The van der Waals surface area contributed by atoms with Crippen LogP contribution in [0, 0.1) is 58.2 Å². The molecule has 0 saturated heterocycles. The van der Waals surface area contributed by atoms with E-state index < -0.39 is 0 Å². The molecule has 3 fully saturated rings. The topological polar surface area (TPSA) is 63.6 Å². The van der Waals surface area contributed by atoms with Gasteiger partial charge in [0.15, 0.2) is 5.78 Å². The number of aliphatic hydroxyl groups excluding tert-OH is 1. The lowest BCUT2D eigenvalue weighted by Crippen LogP contribution is -2.56. The zero-order chi connectivity index (χ0) is 29.7. The standard InChI is InChI=1S/C37H54O4/c1-8-25(22(2)3)20-31(38)23(4)28-14-15-29-27-21-32(39)34-24(5)33(41-35(40)26-12-10-9-11-13-26)17-19-37(34,7)30(27)16-18-36(28,29)6/h9-13,21-25,28-31,33-34,38H,8,14-20H2,1-7H3/t23-,24+,25+,28+,29-,30-,31+,33-,34+,36+,37+/m0/s1. The van der Waals surface area contributed by atoms with E-state index in [1.165, 1.54) is 12.0 Å². The first-order valence-electron chi connectivity index (χ1n) is 16.6. The predicted octanol–water partition coefficient (Wildman–Crippen LogP) is 8.29. The number of ketones is 1. The van der Waals surface area contributed by atoms with Gasteiger partial charge in [-0.15, -0.1) is 0 Å². The van der Waals surface area contributed by atoms with Gasteiger partial charge in [0.25, 0.3) is 0 Å². The van der Waals surface area contributed by atoms with E-state index in [0.717, 1.165) is 44.9 Å². The summed E-state index contributed by atoms with van der Waals surface area (Å²) in [5.41, 5.74) is 2.03. The number of rotatable bonds is 8. The number of fused-ring (bicyclic) bond motifs is 5. The fraction of sp³-hybridized carbons (Fsp3) is 0.730. The summed E-state index contributed by atoms with van der Waals surface area (Å²) in [5.74, 6) is 2.61. The van der Waals surface area contributed by atoms with Gasteiger partial charge in [-0.25, -0.2) is 4.79 Å². The molecule has 0 amide bonds. The van der Waals surface area contributed by atoms with Crippen LogP contribution in [-0.2, 0) is 9.53 Å². The van der Waals surface area contributed by atoms with Crippen molar-refractivity contribution < 1.29 is 19.4 Å². The smallest absolute Gasteiger partial charge is 0.338 e. The third-order valence-electron chi connectivity index (χ3n) is 12.9. The maximum absolute atomic E-state index is 14.0. The molecule has 5 rings (SSSR count). The molecule has 41 heavy (non-hydrogen) atoms. The van der Waals surface area contributed by atoms with E-state index >= 15 is 0 Å². The third-order valence-corrected chi connectivity index (χ3v) is 12.9. The highest BCUT2D eigenvalue weighted by Crippen LogP contribution is 2.67. The van der Waals surface area contributed by atoms with E-state index in [9.17, 15) is 14.7 Å². The number of carbonyl (C=O) groups excluding carboxylic acids is 2. The van der Waals surface area contributed by atoms with Gasteiger partial charge in [-0.2, -0.15) is 0 Å². The molecule has 3 saturated carbocycles. The maximum atomic E-state index is 14.0. The molecule has 226 valence electrons. The van der Waals surface area contributed by atoms with Gasteiger partial charge in [0.05, 0.1) is 11.7 Å². The van der Waals surface area contributed by atoms with E-state index in [2.05, 4.69) is 48.5 Å². The first kappa shape index (κ1) is 30.5. The monoisotopic (exact) mass is 562 g/mol. The lowest BCUT2D eigenvalue weighted by Gasteiger charge is -2.58. The maximum Gasteiger partial charge on any atom is 0.338 e. The zero-order valence-corrected chi connectivity index (χ0v) is 26.6. The molecule has 0 aliphatic heterocycles. The fourth-order valence-electron chi connectivity index (χ4n) is 10.4. The Hall–Kier alpha value is -1.94. The Morgan fingerprint density at radius 1 is 1.00 bits per heavy atom. The SMILES string of the molecule is CC[C@H](C[C@@H](O)[C@@H](C)[C@H]1CC[C@H]2C3=CC(=O)[C@H]4[C@H](C)[C@@H](OC(=O)c5ccccc5)CC[C@]4(C)[C@H]3CC[C@]12C)C(C)C. The molecular formula is C37H54O4. The van der Waals surface area contributed by atoms with Crippen LogP contribution in [0.1, 0.15) is 110 Å². The van der Waals surface area contributed by atoms with Gasteiger partial charge >= 0.3 is 5.97 Å². The number of carbonyl (C=O) groups is 2. The number of esters is 1. The Kier molecular flexibility index (Phi) is 8.65. The summed E-state index contributed by atoms with van der Waals surface area (Å²) in [4.78, 5) is 26.9. The minimum atomic E-state index is -0.286. The van der Waals surface area contributed by atoms with E-state index in [4.69, 9.17) is 4.74 Å². The Morgan fingerprint density at radius 3 is 2.32 bits per heavy atom. The number of hydrogen-bond donors (Lipinski definition) is 1. The molecule has 4 heteroatoms. The molecule has 4 aliphatic carbocycles. The van der Waals surface area contributed by atoms with Crippen molar-refractivity contribution in [2.24, 2.45) is 58.2 Å². The minimum absolute atomic E-state index is 0.000938. The first-order chi connectivity index (χ1) is 19.4. The molecule has 0 heterocycles. The number of hydrogen-bond acceptors (Lipinski definition) is 4. The van der Waals surface area contributed by atoms with Crippen LogP contribution < -0.4 is 0 Å². The largest absolute Gasteiger partial charge is 0.458 e. The number of allylic oxidation sites excluding steroid dienone is 2. The van der Waals surface area contributed by atoms with Gasteiger partial charge in [-0.3, -0.25) is 4.79 Å². The second kappa shape index (κ2) is 11.6. The van der Waals surface area contributed by atoms with Crippen LogP contribution in [0.5, 0.6) is 0 Å². The predicted molar refractivity (Wildman–Crippen MR) is 164 cm³/mol. The van der Waals surface area contributed by atoms with Gasteiger partial charge in [0.1, 0.15) is 6.10 Å². The normalized spacial score (nSPS) is 38.8. The highest BCUT2D eigenvalue weighted by Gasteiger charge is 2.61. The van der Waals surface area contributed by atoms with Crippen LogP contribution in [0.25, 0.3) is 0 Å². The molecule has 1 aromatic carbocycles. The highest BCUT2D eigenvalue weighted by atomic mass is 16.5. The molecule has 4 nitrogen and oxygen atoms in total. The van der Waals surface area contributed by atoms with Crippen molar-refractivity contribution in [3.8, 4) is 0 Å². The number of aliphatic hydroxyl groups is 1. The second-order valence-electron chi connectivity index (χ2n) is 15.1. The Morgan fingerprint density at radius 2 is 1.66 bits per heavy atom. The molecule has 0 spiro atoms. The molecule has 11 atom stereocenters.